The van der Waals surface area contributed by atoms with Gasteiger partial charge in [0.15, 0.2) is 17.5 Å². The zero-order valence-corrected chi connectivity index (χ0v) is 18.4. The number of nitrogens with two attached hydrogens (primary N) is 2. The number of aromatic nitrogens is 4. The monoisotopic (exact) mass is 460 g/mol. The highest BCUT2D eigenvalue weighted by atomic mass is 19.1. The Hall–Kier alpha value is -4.05. The predicted molar refractivity (Wildman–Crippen MR) is 129 cm³/mol. The molecule has 0 aliphatic heterocycles. The zero-order chi connectivity index (χ0) is 23.7. The van der Waals surface area contributed by atoms with Crippen LogP contribution in [0.2, 0.25) is 0 Å². The Bertz CT molecular complexity index is 1340. The summed E-state index contributed by atoms with van der Waals surface area (Å²) in [6.45, 7) is 0. The average molecular weight is 461 g/mol. The molecule has 1 aliphatic carbocycles. The number of nitrogens with one attached hydrogen (secondary N) is 2. The van der Waals surface area contributed by atoms with Crippen molar-refractivity contribution in [1.29, 1.82) is 0 Å². The summed E-state index contributed by atoms with van der Waals surface area (Å²) < 4.78 is 16.4. The second-order valence-corrected chi connectivity index (χ2v) is 8.43. The molecule has 10 heteroatoms. The third-order valence-electron chi connectivity index (χ3n) is 6.06. The molecule has 1 amide bonds. The molecule has 3 aromatic heterocycles. The van der Waals surface area contributed by atoms with E-state index in [2.05, 4.69) is 25.7 Å². The highest BCUT2D eigenvalue weighted by Gasteiger charge is 2.24. The van der Waals surface area contributed by atoms with E-state index in [0.717, 1.165) is 42.7 Å². The lowest BCUT2D eigenvalue weighted by molar-refractivity contribution is 0.100. The van der Waals surface area contributed by atoms with E-state index in [1.165, 1.54) is 0 Å². The molecule has 0 radical (unpaired) electrons. The van der Waals surface area contributed by atoms with Gasteiger partial charge in [-0.25, -0.2) is 19.0 Å². The zero-order valence-electron chi connectivity index (χ0n) is 18.4. The molecule has 5 rings (SSSR count). The van der Waals surface area contributed by atoms with Crippen LogP contribution in [0.3, 0.4) is 0 Å². The molecule has 1 saturated carbocycles. The molecular formula is C24H25FN8O. The number of anilines is 3. The molecule has 0 unspecified atom stereocenters. The van der Waals surface area contributed by atoms with Crippen molar-refractivity contribution in [2.75, 3.05) is 10.6 Å². The normalized spacial score (nSPS) is 18.1. The molecule has 2 atom stereocenters. The van der Waals surface area contributed by atoms with Crippen molar-refractivity contribution in [3.05, 3.63) is 66.2 Å². The summed E-state index contributed by atoms with van der Waals surface area (Å²) >= 11 is 0. The molecule has 1 fully saturated rings. The van der Waals surface area contributed by atoms with Crippen LogP contribution in [0.25, 0.3) is 16.7 Å². The van der Waals surface area contributed by atoms with E-state index in [9.17, 15) is 9.18 Å². The maximum absolute atomic E-state index is 14.8. The van der Waals surface area contributed by atoms with Crippen molar-refractivity contribution >= 4 is 34.1 Å². The van der Waals surface area contributed by atoms with Gasteiger partial charge >= 0.3 is 0 Å². The van der Waals surface area contributed by atoms with Gasteiger partial charge in [-0.2, -0.15) is 5.10 Å². The Kier molecular flexibility index (Phi) is 5.81. The fraction of sp³-hybridized carbons (Fsp3) is 0.250. The van der Waals surface area contributed by atoms with Crippen LogP contribution in [0.15, 0.2) is 54.9 Å². The lowest BCUT2D eigenvalue weighted by atomic mass is 9.91. The standard InChI is InChI=1S/C24H25FN8O/c25-17-13-16(22(27)34)23(32-24(17)31-20-5-2-1-4-18(20)26)29-15-7-8-19-14(12-15)6-9-21(30-19)33-11-3-10-28-33/h3,6-13,18,20H,1-2,4-5,26H2,(H2,27,34)(H2,29,31,32)/t18-,20+/m0/s1. The van der Waals surface area contributed by atoms with Crippen LogP contribution >= 0.6 is 0 Å². The number of hydrogen-bond donors (Lipinski definition) is 4. The number of fused-ring (bicyclic) bond motifs is 1. The first-order valence-corrected chi connectivity index (χ1v) is 11.2. The Morgan fingerprint density at radius 2 is 1.94 bits per heavy atom. The Balaban J connectivity index is 1.45. The third-order valence-corrected chi connectivity index (χ3v) is 6.06. The summed E-state index contributed by atoms with van der Waals surface area (Å²) in [5.74, 6) is -0.513. The van der Waals surface area contributed by atoms with E-state index in [1.54, 1.807) is 10.9 Å². The Labute approximate surface area is 195 Å². The summed E-state index contributed by atoms with van der Waals surface area (Å²) in [5, 5.41) is 11.3. The average Bonchev–Trinajstić information content (AvgIpc) is 3.37. The lowest BCUT2D eigenvalue weighted by Crippen LogP contribution is -2.43. The molecule has 1 aromatic carbocycles. The largest absolute Gasteiger partial charge is 0.365 e. The fourth-order valence-corrected chi connectivity index (χ4v) is 4.25. The number of nitrogens with zero attached hydrogens (tertiary/aromatic N) is 4. The van der Waals surface area contributed by atoms with Gasteiger partial charge in [-0.3, -0.25) is 4.79 Å². The smallest absolute Gasteiger partial charge is 0.252 e. The second kappa shape index (κ2) is 9.06. The van der Waals surface area contributed by atoms with Gasteiger partial charge < -0.3 is 22.1 Å². The van der Waals surface area contributed by atoms with Gasteiger partial charge in [-0.05, 0) is 55.3 Å². The van der Waals surface area contributed by atoms with Crippen molar-refractivity contribution in [1.82, 2.24) is 19.7 Å². The van der Waals surface area contributed by atoms with Gasteiger partial charge in [0.1, 0.15) is 5.82 Å². The number of carbonyl (C=O) groups is 1. The summed E-state index contributed by atoms with van der Waals surface area (Å²) in [7, 11) is 0. The van der Waals surface area contributed by atoms with Gasteiger partial charge in [-0.1, -0.05) is 12.8 Å². The van der Waals surface area contributed by atoms with Crippen LogP contribution in [-0.4, -0.2) is 37.7 Å². The highest BCUT2D eigenvalue weighted by Crippen LogP contribution is 2.28. The van der Waals surface area contributed by atoms with Crippen molar-refractivity contribution in [3.8, 4) is 5.82 Å². The van der Waals surface area contributed by atoms with Crippen molar-refractivity contribution in [2.24, 2.45) is 11.5 Å². The van der Waals surface area contributed by atoms with Crippen LogP contribution < -0.4 is 22.1 Å². The van der Waals surface area contributed by atoms with E-state index >= 15 is 0 Å². The summed E-state index contributed by atoms with van der Waals surface area (Å²) in [4.78, 5) is 21.0. The number of pyridine rings is 2. The van der Waals surface area contributed by atoms with E-state index in [0.29, 0.717) is 11.5 Å². The van der Waals surface area contributed by atoms with Crippen LogP contribution in [0, 0.1) is 5.82 Å². The second-order valence-electron chi connectivity index (χ2n) is 8.43. The van der Waals surface area contributed by atoms with Crippen LogP contribution in [0.1, 0.15) is 36.0 Å². The lowest BCUT2D eigenvalue weighted by Gasteiger charge is -2.30. The predicted octanol–water partition coefficient (Wildman–Crippen LogP) is 3.48. The number of carbonyl (C=O) groups excluding carboxylic acids is 1. The number of benzene rings is 1. The topological polar surface area (TPSA) is 137 Å². The molecule has 3 heterocycles. The first-order chi connectivity index (χ1) is 16.5. The van der Waals surface area contributed by atoms with Crippen LogP contribution in [-0.2, 0) is 0 Å². The van der Waals surface area contributed by atoms with Gasteiger partial charge in [0, 0.05) is 35.6 Å². The minimum Gasteiger partial charge on any atom is -0.365 e. The molecule has 0 bridgehead atoms. The Morgan fingerprint density at radius 3 is 2.71 bits per heavy atom. The van der Waals surface area contributed by atoms with Crippen molar-refractivity contribution < 1.29 is 9.18 Å². The minimum atomic E-state index is -0.777. The Morgan fingerprint density at radius 1 is 1.09 bits per heavy atom. The number of primary amides is 1. The molecule has 1 aliphatic rings. The molecule has 174 valence electrons. The van der Waals surface area contributed by atoms with E-state index < -0.39 is 11.7 Å². The third kappa shape index (κ3) is 4.40. The maximum atomic E-state index is 14.8. The molecule has 0 spiro atoms. The molecule has 0 saturated heterocycles. The first kappa shape index (κ1) is 21.8. The fourth-order valence-electron chi connectivity index (χ4n) is 4.25. The number of amides is 1. The maximum Gasteiger partial charge on any atom is 0.252 e. The summed E-state index contributed by atoms with van der Waals surface area (Å²) in [6, 6.07) is 12.1. The highest BCUT2D eigenvalue weighted by molar-refractivity contribution is 5.99. The van der Waals surface area contributed by atoms with E-state index in [-0.39, 0.29) is 29.3 Å². The molecule has 9 nitrogen and oxygen atoms in total. The molecule has 6 N–H and O–H groups in total. The first-order valence-electron chi connectivity index (χ1n) is 11.2. The SMILES string of the molecule is NC(=O)c1cc(F)c(N[C@@H]2CCCC[C@@H]2N)nc1Nc1ccc2nc(-n3cccn3)ccc2c1. The summed E-state index contributed by atoms with van der Waals surface area (Å²) in [6.07, 6.45) is 7.29. The van der Waals surface area contributed by atoms with Gasteiger partial charge in [-0.15, -0.1) is 0 Å². The summed E-state index contributed by atoms with van der Waals surface area (Å²) in [5.41, 5.74) is 13.1. The van der Waals surface area contributed by atoms with E-state index in [4.69, 9.17) is 11.5 Å². The number of rotatable bonds is 6. The minimum absolute atomic E-state index is 0.0387. The van der Waals surface area contributed by atoms with Gasteiger partial charge in [0.05, 0.1) is 11.1 Å². The van der Waals surface area contributed by atoms with Gasteiger partial charge in [0.2, 0.25) is 0 Å². The van der Waals surface area contributed by atoms with Crippen molar-refractivity contribution in [2.45, 2.75) is 37.8 Å². The van der Waals surface area contributed by atoms with Gasteiger partial charge in [0.25, 0.3) is 5.91 Å². The molecular weight excluding hydrogens is 435 g/mol. The van der Waals surface area contributed by atoms with E-state index in [1.807, 2.05) is 42.6 Å². The number of hydrogen-bond acceptors (Lipinski definition) is 7. The van der Waals surface area contributed by atoms with Crippen molar-refractivity contribution in [3.63, 3.8) is 0 Å². The molecule has 4 aromatic rings. The molecule has 34 heavy (non-hydrogen) atoms. The van der Waals surface area contributed by atoms with Crippen LogP contribution in [0.5, 0.6) is 0 Å². The number of halogens is 1. The quantitative estimate of drug-likeness (QED) is 0.346. The van der Waals surface area contributed by atoms with Crippen LogP contribution in [0.4, 0.5) is 21.7 Å².